The van der Waals surface area contributed by atoms with Gasteiger partial charge in [-0.15, -0.1) is 12.4 Å². The van der Waals surface area contributed by atoms with Crippen LogP contribution >= 0.6 is 28.3 Å². The van der Waals surface area contributed by atoms with E-state index in [1.807, 2.05) is 30.3 Å². The molecule has 8 nitrogen and oxygen atoms in total. The van der Waals surface area contributed by atoms with E-state index in [2.05, 4.69) is 26.6 Å². The number of carbonyl (C=O) groups excluding carboxylic acids is 3. The van der Waals surface area contributed by atoms with Crippen molar-refractivity contribution >= 4 is 68.2 Å². The summed E-state index contributed by atoms with van der Waals surface area (Å²) in [5.74, 6) is -1.02. The third-order valence-corrected chi connectivity index (χ3v) is 8.32. The number of ether oxygens (including phenoxy) is 1. The Hall–Kier alpha value is -4.13. The van der Waals surface area contributed by atoms with Crippen molar-refractivity contribution in [2.45, 2.75) is 31.7 Å². The molecular formula is C33H31BrClF3N4O4. The molecule has 0 bridgehead atoms. The Morgan fingerprint density at radius 1 is 1.02 bits per heavy atom. The number of nitrogens with one attached hydrogen (secondary N) is 2. The Labute approximate surface area is 278 Å². The van der Waals surface area contributed by atoms with Crippen molar-refractivity contribution in [2.24, 2.45) is 0 Å². The number of methoxy groups -OCH3 is 1. The molecule has 3 amide bonds. The topological polar surface area (TPSA) is 91.0 Å². The lowest BCUT2D eigenvalue weighted by Crippen LogP contribution is -2.55. The summed E-state index contributed by atoms with van der Waals surface area (Å²) in [6.07, 6.45) is -4.57. The Balaban J connectivity index is 0.00000480. The predicted molar refractivity (Wildman–Crippen MR) is 177 cm³/mol. The number of nitrogens with zero attached hydrogens (tertiary/aromatic N) is 2. The van der Waals surface area contributed by atoms with E-state index in [0.29, 0.717) is 22.7 Å². The van der Waals surface area contributed by atoms with E-state index in [4.69, 9.17) is 4.74 Å². The first-order chi connectivity index (χ1) is 21.4. The molecule has 4 aromatic rings. The minimum atomic E-state index is -4.57. The molecule has 0 spiro atoms. The molecule has 0 aliphatic carbocycles. The maximum Gasteiger partial charge on any atom is 0.416 e. The van der Waals surface area contributed by atoms with Gasteiger partial charge in [0.25, 0.3) is 11.8 Å². The van der Waals surface area contributed by atoms with Gasteiger partial charge in [0.05, 0.1) is 43.2 Å². The predicted octanol–water partition coefficient (Wildman–Crippen LogP) is 6.34. The molecule has 0 saturated heterocycles. The number of hydrogen-bond acceptors (Lipinski definition) is 5. The number of para-hydroxylation sites is 2. The summed E-state index contributed by atoms with van der Waals surface area (Å²) in [5, 5.41) is 7.36. The van der Waals surface area contributed by atoms with Gasteiger partial charge in [0.15, 0.2) is 0 Å². The van der Waals surface area contributed by atoms with Gasteiger partial charge in [-0.05, 0) is 79.3 Å². The van der Waals surface area contributed by atoms with Gasteiger partial charge in [-0.1, -0.05) is 40.2 Å². The number of alkyl halides is 3. The first-order valence-electron chi connectivity index (χ1n) is 14.0. The van der Waals surface area contributed by atoms with Crippen LogP contribution in [0.3, 0.4) is 0 Å². The fraction of sp³-hybridized carbons (Fsp3) is 0.242. The van der Waals surface area contributed by atoms with E-state index >= 15 is 0 Å². The second-order valence-electron chi connectivity index (χ2n) is 10.6. The number of halogens is 5. The summed E-state index contributed by atoms with van der Waals surface area (Å²) >= 11 is 3.50. The molecule has 2 atom stereocenters. The smallest absolute Gasteiger partial charge is 0.416 e. The Kier molecular flexibility index (Phi) is 10.7. The molecule has 1 heterocycles. The maximum absolute atomic E-state index is 14.4. The quantitative estimate of drug-likeness (QED) is 0.233. The van der Waals surface area contributed by atoms with Crippen LogP contribution in [-0.2, 0) is 22.3 Å². The van der Waals surface area contributed by atoms with Crippen molar-refractivity contribution in [2.75, 3.05) is 30.5 Å². The standard InChI is InChI=1S/C33H30BrF3N4O4.ClH/c1-19(38-2)30(42)39-26-18-41(31(43)20-8-11-22(12-9-20)33(35,36)37)28-7-5-4-6-27(28)40(32(26)44)17-25-24-14-13-23(34)16-21(24)10-15-29(25)45-3;/h4-16,19,26,38H,17-18H2,1-3H3,(H,39,42);1H/t19-,26-;/m0./s1. The first kappa shape index (κ1) is 34.7. The fourth-order valence-electron chi connectivity index (χ4n) is 5.29. The normalized spacial score (nSPS) is 15.5. The fourth-order valence-corrected chi connectivity index (χ4v) is 5.67. The van der Waals surface area contributed by atoms with Gasteiger partial charge in [0.2, 0.25) is 5.91 Å². The summed E-state index contributed by atoms with van der Waals surface area (Å²) in [4.78, 5) is 44.2. The summed E-state index contributed by atoms with van der Waals surface area (Å²) in [6, 6.07) is 18.3. The Morgan fingerprint density at radius 2 is 1.70 bits per heavy atom. The average Bonchev–Trinajstić information content (AvgIpc) is 3.14. The van der Waals surface area contributed by atoms with Crippen LogP contribution < -0.4 is 25.2 Å². The number of benzene rings is 4. The molecule has 0 unspecified atom stereocenters. The number of fused-ring (bicyclic) bond motifs is 2. The van der Waals surface area contributed by atoms with E-state index < -0.39 is 41.5 Å². The zero-order valence-corrected chi connectivity index (χ0v) is 27.4. The van der Waals surface area contributed by atoms with Crippen LogP contribution in [0.4, 0.5) is 24.5 Å². The van der Waals surface area contributed by atoms with Crippen molar-refractivity contribution in [3.8, 4) is 5.75 Å². The number of carbonyl (C=O) groups is 3. The van der Waals surface area contributed by atoms with E-state index in [-0.39, 0.29) is 31.1 Å². The van der Waals surface area contributed by atoms with E-state index in [9.17, 15) is 27.6 Å². The highest BCUT2D eigenvalue weighted by Gasteiger charge is 2.38. The van der Waals surface area contributed by atoms with Crippen LogP contribution in [0.25, 0.3) is 10.8 Å². The Morgan fingerprint density at radius 3 is 2.33 bits per heavy atom. The highest BCUT2D eigenvalue weighted by molar-refractivity contribution is 9.10. The largest absolute Gasteiger partial charge is 0.496 e. The molecule has 4 aromatic carbocycles. The van der Waals surface area contributed by atoms with Crippen LogP contribution in [0.1, 0.15) is 28.4 Å². The number of rotatable bonds is 7. The van der Waals surface area contributed by atoms with E-state index in [0.717, 1.165) is 39.5 Å². The summed E-state index contributed by atoms with van der Waals surface area (Å²) in [6.45, 7) is 1.41. The molecule has 0 fully saturated rings. The molecule has 1 aliphatic rings. The zero-order chi connectivity index (χ0) is 32.5. The average molecular weight is 720 g/mol. The first-order valence-corrected chi connectivity index (χ1v) is 14.8. The second kappa shape index (κ2) is 14.1. The minimum Gasteiger partial charge on any atom is -0.496 e. The maximum atomic E-state index is 14.4. The molecule has 5 rings (SSSR count). The number of amides is 3. The number of anilines is 2. The van der Waals surface area contributed by atoms with E-state index in [1.54, 1.807) is 38.2 Å². The van der Waals surface area contributed by atoms with Crippen LogP contribution in [0.2, 0.25) is 0 Å². The lowest BCUT2D eigenvalue weighted by Gasteiger charge is -2.27. The number of likely N-dealkylation sites (N-methyl/N-ethyl adjacent to an activating group) is 1. The third kappa shape index (κ3) is 6.98. The van der Waals surface area contributed by atoms with Crippen LogP contribution in [0, 0.1) is 0 Å². The van der Waals surface area contributed by atoms with Gasteiger partial charge >= 0.3 is 6.18 Å². The van der Waals surface area contributed by atoms with Gasteiger partial charge in [-0.3, -0.25) is 14.4 Å². The lowest BCUT2D eigenvalue weighted by atomic mass is 10.0. The number of hydrogen-bond donors (Lipinski definition) is 2. The third-order valence-electron chi connectivity index (χ3n) is 7.83. The van der Waals surface area contributed by atoms with Gasteiger partial charge in [-0.2, -0.15) is 13.2 Å². The summed E-state index contributed by atoms with van der Waals surface area (Å²) in [7, 11) is 3.14. The molecule has 1 aliphatic heterocycles. The van der Waals surface area contributed by atoms with Crippen LogP contribution in [0.15, 0.2) is 83.3 Å². The van der Waals surface area contributed by atoms with Gasteiger partial charge < -0.3 is 25.2 Å². The Bertz CT molecular complexity index is 1770. The minimum absolute atomic E-state index is 0. The van der Waals surface area contributed by atoms with Crippen molar-refractivity contribution in [1.82, 2.24) is 10.6 Å². The molecule has 2 N–H and O–H groups in total. The van der Waals surface area contributed by atoms with Crippen molar-refractivity contribution in [1.29, 1.82) is 0 Å². The van der Waals surface area contributed by atoms with Crippen molar-refractivity contribution < 1.29 is 32.3 Å². The van der Waals surface area contributed by atoms with Crippen LogP contribution in [0.5, 0.6) is 5.75 Å². The monoisotopic (exact) mass is 718 g/mol. The van der Waals surface area contributed by atoms with Crippen LogP contribution in [-0.4, -0.2) is 50.5 Å². The molecule has 0 saturated carbocycles. The molecule has 242 valence electrons. The van der Waals surface area contributed by atoms with Gasteiger partial charge in [-0.25, -0.2) is 0 Å². The van der Waals surface area contributed by atoms with Crippen molar-refractivity contribution in [3.05, 3.63) is 100 Å². The highest BCUT2D eigenvalue weighted by Crippen LogP contribution is 2.38. The molecule has 0 radical (unpaired) electrons. The molecule has 0 aromatic heterocycles. The van der Waals surface area contributed by atoms with E-state index in [1.165, 1.54) is 16.9 Å². The van der Waals surface area contributed by atoms with Gasteiger partial charge in [0, 0.05) is 15.6 Å². The molecular weight excluding hydrogens is 689 g/mol. The van der Waals surface area contributed by atoms with Gasteiger partial charge in [0.1, 0.15) is 11.8 Å². The summed E-state index contributed by atoms with van der Waals surface area (Å²) < 4.78 is 46.3. The zero-order valence-electron chi connectivity index (χ0n) is 25.0. The highest BCUT2D eigenvalue weighted by atomic mass is 79.9. The lowest BCUT2D eigenvalue weighted by molar-refractivity contribution is -0.137. The van der Waals surface area contributed by atoms with Crippen molar-refractivity contribution in [3.63, 3.8) is 0 Å². The molecule has 46 heavy (non-hydrogen) atoms. The SMILES string of the molecule is CN[C@@H](C)C(=O)N[C@H]1CN(C(=O)c2ccc(C(F)(F)F)cc2)c2ccccc2N(Cc2c(OC)ccc3cc(Br)ccc23)C1=O.Cl. The summed E-state index contributed by atoms with van der Waals surface area (Å²) in [5.41, 5.74) is 0.558. The second-order valence-corrected chi connectivity index (χ2v) is 11.5. The molecule has 13 heteroatoms.